The molecule has 0 amide bonds. The highest BCUT2D eigenvalue weighted by Crippen LogP contribution is 2.28. The Hall–Kier alpha value is -1.26. The molecule has 1 aromatic rings. The maximum atomic E-state index is 5.83. The lowest BCUT2D eigenvalue weighted by atomic mass is 10.2. The number of methoxy groups -OCH3 is 2. The number of benzene rings is 1. The van der Waals surface area contributed by atoms with E-state index in [0.29, 0.717) is 12.5 Å². The molecule has 0 aromatic heterocycles. The third-order valence-electron chi connectivity index (χ3n) is 3.11. The van der Waals surface area contributed by atoms with Crippen LogP contribution in [0.4, 0.5) is 0 Å². The predicted octanol–water partition coefficient (Wildman–Crippen LogP) is 3.25. The number of hydrogen-bond acceptors (Lipinski definition) is 4. The van der Waals surface area contributed by atoms with Crippen molar-refractivity contribution >= 4 is 0 Å². The van der Waals surface area contributed by atoms with Gasteiger partial charge in [-0.1, -0.05) is 19.9 Å². The van der Waals surface area contributed by atoms with E-state index in [1.54, 1.807) is 14.2 Å². The molecule has 1 N–H and O–H groups in total. The minimum atomic E-state index is 0.653. The average molecular weight is 295 g/mol. The van der Waals surface area contributed by atoms with Crippen LogP contribution in [-0.4, -0.2) is 34.0 Å². The molecule has 120 valence electrons. The fourth-order valence-electron chi connectivity index (χ4n) is 1.98. The van der Waals surface area contributed by atoms with Gasteiger partial charge in [0.1, 0.15) is 0 Å². The summed E-state index contributed by atoms with van der Waals surface area (Å²) in [5.41, 5.74) is 1.21. The Morgan fingerprint density at radius 1 is 1.05 bits per heavy atom. The number of rotatable bonds is 11. The van der Waals surface area contributed by atoms with E-state index in [2.05, 4.69) is 31.3 Å². The number of hydrogen-bond donors (Lipinski definition) is 1. The van der Waals surface area contributed by atoms with Gasteiger partial charge >= 0.3 is 0 Å². The van der Waals surface area contributed by atoms with Gasteiger partial charge in [0, 0.05) is 20.3 Å². The van der Waals surface area contributed by atoms with Gasteiger partial charge in [0.05, 0.1) is 13.7 Å². The highest BCUT2D eigenvalue weighted by molar-refractivity contribution is 5.42. The molecule has 1 aromatic carbocycles. The van der Waals surface area contributed by atoms with Crippen LogP contribution >= 0.6 is 0 Å². The summed E-state index contributed by atoms with van der Waals surface area (Å²) in [5.74, 6) is 2.26. The molecular formula is C17H29NO3. The Bertz CT molecular complexity index is 394. The summed E-state index contributed by atoms with van der Waals surface area (Å²) < 4.78 is 16.2. The van der Waals surface area contributed by atoms with Crippen LogP contribution in [-0.2, 0) is 11.3 Å². The minimum absolute atomic E-state index is 0.653. The van der Waals surface area contributed by atoms with E-state index in [4.69, 9.17) is 14.2 Å². The van der Waals surface area contributed by atoms with Crippen molar-refractivity contribution in [1.29, 1.82) is 0 Å². The van der Waals surface area contributed by atoms with Crippen molar-refractivity contribution in [2.75, 3.05) is 34.0 Å². The number of ether oxygens (including phenoxy) is 3. The zero-order valence-corrected chi connectivity index (χ0v) is 13.8. The van der Waals surface area contributed by atoms with Gasteiger partial charge in [0.15, 0.2) is 11.5 Å². The molecule has 0 bridgehead atoms. The lowest BCUT2D eigenvalue weighted by Gasteiger charge is -2.13. The first-order chi connectivity index (χ1) is 10.2. The Morgan fingerprint density at radius 2 is 1.81 bits per heavy atom. The van der Waals surface area contributed by atoms with E-state index in [0.717, 1.165) is 44.0 Å². The first kappa shape index (κ1) is 17.8. The fourth-order valence-corrected chi connectivity index (χ4v) is 1.98. The second-order valence-corrected chi connectivity index (χ2v) is 5.56. The van der Waals surface area contributed by atoms with Crippen LogP contribution in [0.2, 0.25) is 0 Å². The first-order valence-corrected chi connectivity index (χ1v) is 7.66. The van der Waals surface area contributed by atoms with Crippen LogP contribution in [0.25, 0.3) is 0 Å². The smallest absolute Gasteiger partial charge is 0.161 e. The van der Waals surface area contributed by atoms with E-state index in [1.165, 1.54) is 5.56 Å². The van der Waals surface area contributed by atoms with E-state index in [-0.39, 0.29) is 0 Å². The summed E-state index contributed by atoms with van der Waals surface area (Å²) >= 11 is 0. The summed E-state index contributed by atoms with van der Waals surface area (Å²) in [6.45, 7) is 7.73. The lowest BCUT2D eigenvalue weighted by molar-refractivity contribution is 0.183. The van der Waals surface area contributed by atoms with Crippen LogP contribution in [0.1, 0.15) is 32.3 Å². The van der Waals surface area contributed by atoms with Gasteiger partial charge in [-0.2, -0.15) is 0 Å². The van der Waals surface area contributed by atoms with E-state index >= 15 is 0 Å². The van der Waals surface area contributed by atoms with Gasteiger partial charge in [-0.15, -0.1) is 0 Å². The molecule has 0 heterocycles. The topological polar surface area (TPSA) is 39.7 Å². The summed E-state index contributed by atoms with van der Waals surface area (Å²) in [7, 11) is 3.39. The summed E-state index contributed by atoms with van der Waals surface area (Å²) in [6, 6.07) is 6.10. The third kappa shape index (κ3) is 7.34. The van der Waals surface area contributed by atoms with E-state index < -0.39 is 0 Å². The zero-order valence-electron chi connectivity index (χ0n) is 13.8. The van der Waals surface area contributed by atoms with Crippen molar-refractivity contribution in [2.45, 2.75) is 33.2 Å². The van der Waals surface area contributed by atoms with Crippen LogP contribution in [0.15, 0.2) is 18.2 Å². The maximum absolute atomic E-state index is 5.83. The minimum Gasteiger partial charge on any atom is -0.493 e. The Morgan fingerprint density at radius 3 is 2.48 bits per heavy atom. The van der Waals surface area contributed by atoms with Gasteiger partial charge in [0.2, 0.25) is 0 Å². The SMILES string of the molecule is COCCCCOc1cc(CNCC(C)C)ccc1OC. The maximum Gasteiger partial charge on any atom is 0.161 e. The Labute approximate surface area is 128 Å². The molecule has 0 saturated heterocycles. The fraction of sp³-hybridized carbons (Fsp3) is 0.647. The monoisotopic (exact) mass is 295 g/mol. The van der Waals surface area contributed by atoms with Crippen LogP contribution in [0.5, 0.6) is 11.5 Å². The number of unbranched alkanes of at least 4 members (excludes halogenated alkanes) is 1. The first-order valence-electron chi connectivity index (χ1n) is 7.66. The van der Waals surface area contributed by atoms with Gasteiger partial charge in [0.25, 0.3) is 0 Å². The standard InChI is InChI=1S/C17H29NO3/c1-14(2)12-18-13-15-7-8-16(20-4)17(11-15)21-10-6-5-9-19-3/h7-8,11,14,18H,5-6,9-10,12-13H2,1-4H3. The lowest BCUT2D eigenvalue weighted by Crippen LogP contribution is -2.19. The number of nitrogens with one attached hydrogen (secondary N) is 1. The van der Waals surface area contributed by atoms with E-state index in [9.17, 15) is 0 Å². The molecule has 0 saturated carbocycles. The van der Waals surface area contributed by atoms with Gasteiger partial charge in [-0.25, -0.2) is 0 Å². The highest BCUT2D eigenvalue weighted by Gasteiger charge is 2.06. The molecule has 4 heteroatoms. The van der Waals surface area contributed by atoms with Crippen molar-refractivity contribution in [1.82, 2.24) is 5.32 Å². The van der Waals surface area contributed by atoms with Crippen molar-refractivity contribution in [2.24, 2.45) is 5.92 Å². The van der Waals surface area contributed by atoms with Crippen molar-refractivity contribution < 1.29 is 14.2 Å². The molecule has 0 aliphatic rings. The largest absolute Gasteiger partial charge is 0.493 e. The van der Waals surface area contributed by atoms with Gasteiger partial charge < -0.3 is 19.5 Å². The average Bonchev–Trinajstić information content (AvgIpc) is 2.47. The van der Waals surface area contributed by atoms with Crippen LogP contribution in [0, 0.1) is 5.92 Å². The van der Waals surface area contributed by atoms with Crippen molar-refractivity contribution in [3.63, 3.8) is 0 Å². The highest BCUT2D eigenvalue weighted by atomic mass is 16.5. The molecule has 0 aliphatic carbocycles. The van der Waals surface area contributed by atoms with Gasteiger partial charge in [-0.05, 0) is 43.0 Å². The summed E-state index contributed by atoms with van der Waals surface area (Å²) in [5, 5.41) is 3.44. The molecule has 0 spiro atoms. The quantitative estimate of drug-likeness (QED) is 0.636. The summed E-state index contributed by atoms with van der Waals surface area (Å²) in [4.78, 5) is 0. The van der Waals surface area contributed by atoms with Crippen molar-refractivity contribution in [3.8, 4) is 11.5 Å². The Kier molecular flexibility index (Phi) is 8.87. The van der Waals surface area contributed by atoms with Crippen LogP contribution in [0.3, 0.4) is 0 Å². The molecule has 0 unspecified atom stereocenters. The second-order valence-electron chi connectivity index (χ2n) is 5.56. The van der Waals surface area contributed by atoms with Crippen molar-refractivity contribution in [3.05, 3.63) is 23.8 Å². The normalized spacial score (nSPS) is 10.9. The molecule has 21 heavy (non-hydrogen) atoms. The predicted molar refractivity (Wildman–Crippen MR) is 86.1 cm³/mol. The van der Waals surface area contributed by atoms with Crippen LogP contribution < -0.4 is 14.8 Å². The molecule has 0 aliphatic heterocycles. The molecular weight excluding hydrogens is 266 g/mol. The Balaban J connectivity index is 2.50. The molecule has 0 fully saturated rings. The van der Waals surface area contributed by atoms with Gasteiger partial charge in [-0.3, -0.25) is 0 Å². The summed E-state index contributed by atoms with van der Waals surface area (Å²) in [6.07, 6.45) is 1.99. The second kappa shape index (κ2) is 10.5. The zero-order chi connectivity index (χ0) is 15.5. The molecule has 0 atom stereocenters. The van der Waals surface area contributed by atoms with E-state index in [1.807, 2.05) is 6.07 Å². The third-order valence-corrected chi connectivity index (χ3v) is 3.11. The molecule has 0 radical (unpaired) electrons. The molecule has 4 nitrogen and oxygen atoms in total. The molecule has 1 rings (SSSR count).